The smallest absolute Gasteiger partial charge is 0.330 e. The van der Waals surface area contributed by atoms with E-state index in [4.69, 9.17) is 18.9 Å². The first-order valence-corrected chi connectivity index (χ1v) is 8.99. The summed E-state index contributed by atoms with van der Waals surface area (Å²) < 4.78 is 22.3. The number of esters is 3. The highest BCUT2D eigenvalue weighted by molar-refractivity contribution is 5.68. The highest BCUT2D eigenvalue weighted by Crippen LogP contribution is 2.33. The Kier molecular flexibility index (Phi) is 6.96. The number of nitrogens with zero attached hydrogens (tertiary/aromatic N) is 1. The summed E-state index contributed by atoms with van der Waals surface area (Å²) in [4.78, 5) is 61.1. The van der Waals surface area contributed by atoms with Gasteiger partial charge in [0.1, 0.15) is 12.7 Å². The molecule has 2 heterocycles. The van der Waals surface area contributed by atoms with Crippen LogP contribution < -0.4 is 11.2 Å². The molecular weight excluding hydrogens is 388 g/mol. The van der Waals surface area contributed by atoms with Crippen LogP contribution in [0, 0.1) is 0 Å². The van der Waals surface area contributed by atoms with Crippen molar-refractivity contribution in [2.24, 2.45) is 0 Å². The molecule has 0 spiro atoms. The molecule has 0 aromatic carbocycles. The molecule has 1 aliphatic rings. The van der Waals surface area contributed by atoms with Crippen LogP contribution in [0.15, 0.2) is 15.8 Å². The van der Waals surface area contributed by atoms with E-state index >= 15 is 0 Å². The summed E-state index contributed by atoms with van der Waals surface area (Å²) in [5, 5.41) is 0. The number of ether oxygens (including phenoxy) is 4. The molecule has 4 atom stereocenters. The number of carbonyl (C=O) groups excluding carboxylic acids is 3. The van der Waals surface area contributed by atoms with Crippen molar-refractivity contribution in [3.63, 3.8) is 0 Å². The largest absolute Gasteiger partial charge is 0.463 e. The van der Waals surface area contributed by atoms with Crippen LogP contribution >= 0.6 is 0 Å². The van der Waals surface area contributed by atoms with Crippen LogP contribution in [-0.2, 0) is 33.3 Å². The fraction of sp³-hybridized carbons (Fsp3) is 0.611. The Morgan fingerprint density at radius 3 is 2.17 bits per heavy atom. The predicted molar refractivity (Wildman–Crippen MR) is 97.1 cm³/mol. The Balaban J connectivity index is 2.52. The number of nitrogens with one attached hydrogen (secondary N) is 1. The first-order chi connectivity index (χ1) is 13.5. The summed E-state index contributed by atoms with van der Waals surface area (Å²) in [6.07, 6.45) is -3.25. The van der Waals surface area contributed by atoms with E-state index < -0.39 is 53.7 Å². The lowest BCUT2D eigenvalue weighted by molar-refractivity contribution is -0.166. The van der Waals surface area contributed by atoms with Gasteiger partial charge in [-0.1, -0.05) is 13.8 Å². The molecule has 160 valence electrons. The van der Waals surface area contributed by atoms with Gasteiger partial charge < -0.3 is 18.9 Å². The highest BCUT2D eigenvalue weighted by atomic mass is 16.7. The molecule has 1 N–H and O–H groups in total. The Hall–Kier alpha value is -2.95. The van der Waals surface area contributed by atoms with E-state index in [1.807, 2.05) is 0 Å². The summed E-state index contributed by atoms with van der Waals surface area (Å²) in [5.74, 6) is -2.18. The zero-order valence-corrected chi connectivity index (χ0v) is 16.8. The van der Waals surface area contributed by atoms with Crippen LogP contribution in [0.3, 0.4) is 0 Å². The Morgan fingerprint density at radius 2 is 1.66 bits per heavy atom. The molecule has 2 rings (SSSR count). The molecule has 1 fully saturated rings. The minimum absolute atomic E-state index is 0.208. The second-order valence-electron chi connectivity index (χ2n) is 6.92. The van der Waals surface area contributed by atoms with Crippen molar-refractivity contribution in [1.82, 2.24) is 9.55 Å². The molecule has 11 heteroatoms. The maximum Gasteiger partial charge on any atom is 0.330 e. The molecule has 0 amide bonds. The van der Waals surface area contributed by atoms with Crippen LogP contribution in [0.2, 0.25) is 0 Å². The third-order valence-electron chi connectivity index (χ3n) is 4.23. The van der Waals surface area contributed by atoms with E-state index in [1.165, 1.54) is 13.1 Å². The van der Waals surface area contributed by atoms with Gasteiger partial charge in [-0.2, -0.15) is 0 Å². The van der Waals surface area contributed by atoms with Crippen molar-refractivity contribution in [1.29, 1.82) is 0 Å². The van der Waals surface area contributed by atoms with Crippen molar-refractivity contribution in [3.05, 3.63) is 32.6 Å². The second kappa shape index (κ2) is 9.03. The van der Waals surface area contributed by atoms with Gasteiger partial charge in [-0.15, -0.1) is 0 Å². The normalized spacial score (nSPS) is 23.7. The van der Waals surface area contributed by atoms with Gasteiger partial charge in [0.2, 0.25) is 0 Å². The Labute approximate surface area is 165 Å². The van der Waals surface area contributed by atoms with E-state index in [9.17, 15) is 24.0 Å². The summed E-state index contributed by atoms with van der Waals surface area (Å²) in [6.45, 7) is 6.74. The zero-order valence-electron chi connectivity index (χ0n) is 16.8. The average molecular weight is 412 g/mol. The minimum Gasteiger partial charge on any atom is -0.463 e. The Bertz CT molecular complexity index is 901. The highest BCUT2D eigenvalue weighted by Gasteiger charge is 2.51. The molecule has 0 unspecified atom stereocenters. The van der Waals surface area contributed by atoms with Gasteiger partial charge in [0.05, 0.1) is 0 Å². The monoisotopic (exact) mass is 412 g/mol. The molecule has 29 heavy (non-hydrogen) atoms. The fourth-order valence-corrected chi connectivity index (χ4v) is 3.02. The second-order valence-corrected chi connectivity index (χ2v) is 6.92. The Morgan fingerprint density at radius 1 is 1.07 bits per heavy atom. The predicted octanol–water partition coefficient (Wildman–Crippen LogP) is -0.0161. The number of aromatic amines is 1. The third kappa shape index (κ3) is 5.31. The van der Waals surface area contributed by atoms with Crippen molar-refractivity contribution >= 4 is 17.9 Å². The average Bonchev–Trinajstić information content (AvgIpc) is 2.89. The molecule has 1 aliphatic heterocycles. The SMILES string of the molecule is CC(=O)OC[C@H]1O[C@@H](n2cc(C(C)C)c(=O)[nH]c2=O)[C@H](OC(C)=O)[C@H]1OC(C)=O. The lowest BCUT2D eigenvalue weighted by atomic mass is 10.1. The zero-order chi connectivity index (χ0) is 21.9. The van der Waals surface area contributed by atoms with Crippen LogP contribution in [0.5, 0.6) is 0 Å². The van der Waals surface area contributed by atoms with Crippen molar-refractivity contribution < 1.29 is 33.3 Å². The third-order valence-corrected chi connectivity index (χ3v) is 4.23. The minimum atomic E-state index is -1.22. The lowest BCUT2D eigenvalue weighted by Gasteiger charge is -2.24. The molecule has 1 saturated heterocycles. The van der Waals surface area contributed by atoms with Crippen LogP contribution in [0.25, 0.3) is 0 Å². The van der Waals surface area contributed by atoms with E-state index in [2.05, 4.69) is 4.98 Å². The van der Waals surface area contributed by atoms with Crippen LogP contribution in [0.1, 0.15) is 52.3 Å². The molecular formula is C18H24N2O9. The van der Waals surface area contributed by atoms with E-state index in [1.54, 1.807) is 13.8 Å². The fourth-order valence-electron chi connectivity index (χ4n) is 3.02. The number of hydrogen-bond donors (Lipinski definition) is 1. The van der Waals surface area contributed by atoms with E-state index in [-0.39, 0.29) is 12.5 Å². The van der Waals surface area contributed by atoms with Crippen molar-refractivity contribution in [2.45, 2.75) is 65.1 Å². The first-order valence-electron chi connectivity index (χ1n) is 8.99. The van der Waals surface area contributed by atoms with Gasteiger partial charge in [0, 0.05) is 32.5 Å². The van der Waals surface area contributed by atoms with Crippen molar-refractivity contribution in [2.75, 3.05) is 6.61 Å². The van der Waals surface area contributed by atoms with Crippen LogP contribution in [0.4, 0.5) is 0 Å². The number of aromatic nitrogens is 2. The number of rotatable bonds is 6. The molecule has 0 radical (unpaired) electrons. The van der Waals surface area contributed by atoms with Gasteiger partial charge in [0.15, 0.2) is 18.4 Å². The van der Waals surface area contributed by atoms with Crippen molar-refractivity contribution in [3.8, 4) is 0 Å². The summed E-state index contributed by atoms with van der Waals surface area (Å²) in [6, 6.07) is 0. The number of hydrogen-bond acceptors (Lipinski definition) is 9. The van der Waals surface area contributed by atoms with E-state index in [0.29, 0.717) is 5.56 Å². The number of H-pyrrole nitrogens is 1. The quantitative estimate of drug-likeness (QED) is 0.504. The number of carbonyl (C=O) groups is 3. The summed E-state index contributed by atoms with van der Waals surface area (Å²) >= 11 is 0. The molecule has 1 aromatic heterocycles. The first kappa shape index (κ1) is 22.3. The topological polar surface area (TPSA) is 143 Å². The standard InChI is InChI=1S/C18H24N2O9/c1-8(2)12-6-20(18(25)19-16(12)24)17-15(28-11(5)23)14(27-10(4)22)13(29-17)7-26-9(3)21/h6,8,13-15,17H,7H2,1-5H3,(H,19,24,25)/t13-,14+,15-,17-/m1/s1. The van der Waals surface area contributed by atoms with Gasteiger partial charge in [-0.3, -0.25) is 28.7 Å². The molecule has 0 bridgehead atoms. The maximum absolute atomic E-state index is 12.4. The van der Waals surface area contributed by atoms with Gasteiger partial charge in [-0.25, -0.2) is 4.79 Å². The lowest BCUT2D eigenvalue weighted by Crippen LogP contribution is -2.43. The molecule has 0 saturated carbocycles. The molecule has 1 aromatic rings. The van der Waals surface area contributed by atoms with Gasteiger partial charge >= 0.3 is 23.6 Å². The molecule has 11 nitrogen and oxygen atoms in total. The summed E-state index contributed by atoms with van der Waals surface area (Å²) in [7, 11) is 0. The van der Waals surface area contributed by atoms with E-state index in [0.717, 1.165) is 18.4 Å². The molecule has 0 aliphatic carbocycles. The van der Waals surface area contributed by atoms with Gasteiger partial charge in [0.25, 0.3) is 5.56 Å². The van der Waals surface area contributed by atoms with Gasteiger partial charge in [-0.05, 0) is 5.92 Å². The summed E-state index contributed by atoms with van der Waals surface area (Å²) in [5.41, 5.74) is -1.03. The van der Waals surface area contributed by atoms with Crippen LogP contribution in [-0.4, -0.2) is 52.4 Å². The maximum atomic E-state index is 12.4.